The van der Waals surface area contributed by atoms with Crippen molar-refractivity contribution >= 4 is 45.3 Å². The van der Waals surface area contributed by atoms with Crippen molar-refractivity contribution in [1.29, 1.82) is 0 Å². The summed E-state index contributed by atoms with van der Waals surface area (Å²) < 4.78 is 0. The lowest BCUT2D eigenvalue weighted by Gasteiger charge is -2.27. The molecule has 9 rings (SSSR count). The van der Waals surface area contributed by atoms with Crippen molar-refractivity contribution in [3.8, 4) is 0 Å². The molecule has 8 aromatic rings. The monoisotopic (exact) mass is 924 g/mol. The highest BCUT2D eigenvalue weighted by Crippen LogP contribution is 2.48. The van der Waals surface area contributed by atoms with Crippen LogP contribution in [0.2, 0.25) is 0 Å². The average molecular weight is 925 g/mol. The van der Waals surface area contributed by atoms with Gasteiger partial charge in [-0.05, 0) is 208 Å². The second kappa shape index (κ2) is 14.7. The normalized spacial score (nSPS) is 20.2. The van der Waals surface area contributed by atoms with E-state index in [1.807, 2.05) is 45.3 Å². The van der Waals surface area contributed by atoms with Gasteiger partial charge in [-0.15, -0.1) is 45.3 Å². The van der Waals surface area contributed by atoms with Crippen LogP contribution in [0.25, 0.3) is 0 Å². The predicted octanol–water partition coefficient (Wildman–Crippen LogP) is 16.2. The first kappa shape index (κ1) is 45.1. The molecule has 0 saturated heterocycles. The molecule has 9 heterocycles. The maximum absolute atomic E-state index is 3.95. The fourth-order valence-corrected chi connectivity index (χ4v) is 14.6. The predicted molar refractivity (Wildman–Crippen MR) is 277 cm³/mol. The van der Waals surface area contributed by atoms with Crippen LogP contribution in [-0.4, -0.2) is 19.9 Å². The molecule has 0 radical (unpaired) electrons. The topological polar surface area (TPSA) is 63.2 Å². The van der Waals surface area contributed by atoms with Gasteiger partial charge in [0.25, 0.3) is 0 Å². The maximum atomic E-state index is 3.95. The van der Waals surface area contributed by atoms with E-state index in [1.54, 1.807) is 0 Å². The van der Waals surface area contributed by atoms with Crippen molar-refractivity contribution in [2.45, 2.75) is 154 Å². The maximum Gasteiger partial charge on any atom is 0.0390 e. The van der Waals surface area contributed by atoms with Crippen LogP contribution < -0.4 is 0 Å². The van der Waals surface area contributed by atoms with E-state index >= 15 is 0 Å². The summed E-state index contributed by atoms with van der Waals surface area (Å²) in [5, 5.41) is 0. The van der Waals surface area contributed by atoms with E-state index < -0.39 is 0 Å². The molecule has 0 fully saturated rings. The van der Waals surface area contributed by atoms with Crippen molar-refractivity contribution in [3.63, 3.8) is 0 Å². The molecule has 4 N–H and O–H groups in total. The van der Waals surface area contributed by atoms with Crippen LogP contribution in [0, 0.1) is 0 Å². The summed E-state index contributed by atoms with van der Waals surface area (Å²) in [5.41, 5.74) is 8.41. The van der Waals surface area contributed by atoms with Crippen LogP contribution in [-0.2, 0) is 43.3 Å². The summed E-state index contributed by atoms with van der Waals surface area (Å²) in [4.78, 5) is 26.7. The van der Waals surface area contributed by atoms with Gasteiger partial charge in [0.1, 0.15) is 0 Å². The standard InChI is InChI=1S/C56H68N4S4/c1-49(2)33-17-18-34(57-33)50(3,4)43-27-28-44(62-43)53(9,10)37-21-22-38(59-37)54(11,12)47-31-32-48(64-47)56(15,16)40-24-23-39(60-40)55(13,14)46-30-29-45(63-46)52(7,8)36-20-19-35(58-36)51(5,6)42-26-25-41(49)61-42/h17-32,57-60H,1-16H3. The average Bonchev–Trinajstić information content (AvgIpc) is 4.11. The zero-order valence-electron chi connectivity index (χ0n) is 40.9. The van der Waals surface area contributed by atoms with Crippen LogP contribution in [0.5, 0.6) is 0 Å². The van der Waals surface area contributed by atoms with E-state index in [0.29, 0.717) is 0 Å². The molecule has 4 nitrogen and oxygen atoms in total. The smallest absolute Gasteiger partial charge is 0.0390 e. The fourth-order valence-electron chi connectivity index (χ4n) is 9.60. The molecule has 1 aliphatic heterocycles. The Morgan fingerprint density at radius 3 is 0.422 bits per heavy atom. The molecule has 0 amide bonds. The number of rotatable bonds is 0. The van der Waals surface area contributed by atoms with Crippen LogP contribution >= 0.6 is 45.3 Å². The SMILES string of the molecule is CC1(C)c2ccc([nH]2)C(C)(C)c2ccc(s2)C(C)(C)c2ccc([nH]2)C(C)(C)c2ccc(s2)C(C)(C)c2ccc([nH]2)C(C)(C)c2ccc(s2)C(C)(C)c2ccc([nH]2)C(C)(C)c2ccc1s2. The van der Waals surface area contributed by atoms with Gasteiger partial charge in [-0.2, -0.15) is 0 Å². The van der Waals surface area contributed by atoms with Gasteiger partial charge in [0.05, 0.1) is 0 Å². The molecule has 0 saturated carbocycles. The van der Waals surface area contributed by atoms with Crippen molar-refractivity contribution < 1.29 is 0 Å². The summed E-state index contributed by atoms with van der Waals surface area (Å²) in [6.45, 7) is 37.8. The number of aromatic nitrogens is 4. The molecule has 336 valence electrons. The second-order valence-electron chi connectivity index (χ2n) is 22.8. The first-order valence-corrected chi connectivity index (χ1v) is 26.2. The van der Waals surface area contributed by atoms with Gasteiger partial charge in [0, 0.05) is 128 Å². The Morgan fingerprint density at radius 2 is 0.312 bits per heavy atom. The molecule has 8 aromatic heterocycles. The molecule has 0 spiro atoms. The Kier molecular flexibility index (Phi) is 10.4. The summed E-state index contributed by atoms with van der Waals surface area (Å²) in [7, 11) is 0. The number of aromatic amines is 4. The van der Waals surface area contributed by atoms with Crippen LogP contribution in [0.1, 0.15) is 195 Å². The minimum absolute atomic E-state index is 0.191. The lowest BCUT2D eigenvalue weighted by molar-refractivity contribution is 0.600. The zero-order chi connectivity index (χ0) is 46.2. The highest BCUT2D eigenvalue weighted by Gasteiger charge is 2.39. The van der Waals surface area contributed by atoms with Crippen molar-refractivity contribution in [3.05, 3.63) is 182 Å². The number of hydrogen-bond donors (Lipinski definition) is 4. The van der Waals surface area contributed by atoms with Crippen molar-refractivity contribution in [2.24, 2.45) is 0 Å². The first-order chi connectivity index (χ1) is 29.7. The minimum atomic E-state index is -0.191. The fraction of sp³-hybridized carbons (Fsp3) is 0.429. The van der Waals surface area contributed by atoms with E-state index in [4.69, 9.17) is 0 Å². The Morgan fingerprint density at radius 1 is 0.203 bits per heavy atom. The van der Waals surface area contributed by atoms with E-state index in [-0.39, 0.29) is 43.3 Å². The van der Waals surface area contributed by atoms with E-state index in [0.717, 1.165) is 0 Å². The quantitative estimate of drug-likeness (QED) is 0.117. The number of fused-ring (bicyclic) bond motifs is 16. The number of H-pyrrole nitrogens is 4. The van der Waals surface area contributed by atoms with Gasteiger partial charge in [-0.3, -0.25) is 0 Å². The summed E-state index contributed by atoms with van der Waals surface area (Å²) in [5.74, 6) is 0. The highest BCUT2D eigenvalue weighted by molar-refractivity contribution is 7.13. The molecular formula is C56H68N4S4. The van der Waals surface area contributed by atoms with E-state index in [1.165, 1.54) is 84.6 Å². The summed E-state index contributed by atoms with van der Waals surface area (Å²) in [6, 6.07) is 37.4. The molecule has 64 heavy (non-hydrogen) atoms. The number of hydrogen-bond acceptors (Lipinski definition) is 4. The molecular weight excluding hydrogens is 857 g/mol. The Balaban J connectivity index is 1.13. The van der Waals surface area contributed by atoms with Crippen LogP contribution in [0.3, 0.4) is 0 Å². The molecule has 8 heteroatoms. The van der Waals surface area contributed by atoms with E-state index in [2.05, 4.69) is 228 Å². The summed E-state index contributed by atoms with van der Waals surface area (Å²) in [6.07, 6.45) is 0. The second-order valence-corrected chi connectivity index (χ2v) is 27.1. The van der Waals surface area contributed by atoms with Crippen molar-refractivity contribution in [1.82, 2.24) is 19.9 Å². The highest BCUT2D eigenvalue weighted by atomic mass is 32.1. The van der Waals surface area contributed by atoms with Gasteiger partial charge in [0.15, 0.2) is 0 Å². The number of thiophene rings is 4. The summed E-state index contributed by atoms with van der Waals surface area (Å²) >= 11 is 7.75. The van der Waals surface area contributed by atoms with Gasteiger partial charge < -0.3 is 19.9 Å². The Hall–Kier alpha value is -4.08. The Bertz CT molecular complexity index is 2210. The molecule has 1 aliphatic rings. The largest absolute Gasteiger partial charge is 0.361 e. The third kappa shape index (κ3) is 6.98. The third-order valence-electron chi connectivity index (χ3n) is 15.5. The first-order valence-electron chi connectivity index (χ1n) is 22.9. The van der Waals surface area contributed by atoms with Gasteiger partial charge in [-0.25, -0.2) is 0 Å². The van der Waals surface area contributed by atoms with Gasteiger partial charge in [-0.1, -0.05) is 0 Å². The molecule has 0 atom stereocenters. The zero-order valence-corrected chi connectivity index (χ0v) is 44.1. The molecule has 16 bridgehead atoms. The lowest BCUT2D eigenvalue weighted by atomic mass is 9.86. The van der Waals surface area contributed by atoms with Gasteiger partial charge in [0.2, 0.25) is 0 Å². The third-order valence-corrected chi connectivity index (χ3v) is 22.4. The van der Waals surface area contributed by atoms with Gasteiger partial charge >= 0.3 is 0 Å². The minimum Gasteiger partial charge on any atom is -0.361 e. The lowest BCUT2D eigenvalue weighted by Crippen LogP contribution is -2.22. The Labute approximate surface area is 398 Å². The van der Waals surface area contributed by atoms with Crippen LogP contribution in [0.15, 0.2) is 97.1 Å². The van der Waals surface area contributed by atoms with Crippen molar-refractivity contribution in [2.75, 3.05) is 0 Å². The van der Waals surface area contributed by atoms with E-state index in [9.17, 15) is 0 Å². The molecule has 0 aromatic carbocycles. The van der Waals surface area contributed by atoms with Crippen LogP contribution in [0.4, 0.5) is 0 Å². The number of nitrogens with one attached hydrogen (secondary N) is 4. The molecule has 0 aliphatic carbocycles. The molecule has 0 unspecified atom stereocenters.